The molecule has 0 bridgehead atoms. The van der Waals surface area contributed by atoms with Gasteiger partial charge in [0.25, 0.3) is 0 Å². The first-order chi connectivity index (χ1) is 16.2. The van der Waals surface area contributed by atoms with Crippen molar-refractivity contribution in [3.8, 4) is 11.8 Å². The smallest absolute Gasteiger partial charge is 0.125 e. The number of allylic oxidation sites excluding steroid dienone is 3. The van der Waals surface area contributed by atoms with E-state index in [4.69, 9.17) is 4.74 Å². The summed E-state index contributed by atoms with van der Waals surface area (Å²) in [6, 6.07) is 0. The fraction of sp³-hybridized carbons (Fsp3) is 0.733. The average Bonchev–Trinajstić information content (AvgIpc) is 3.20. The first kappa shape index (κ1) is 27.2. The van der Waals surface area contributed by atoms with Gasteiger partial charge in [-0.25, -0.2) is 0 Å². The van der Waals surface area contributed by atoms with Crippen LogP contribution in [0.5, 0.6) is 0 Å². The lowest BCUT2D eigenvalue weighted by Gasteiger charge is -2.46. The minimum atomic E-state index is -0.906. The highest BCUT2D eigenvalue weighted by Gasteiger charge is 2.53. The van der Waals surface area contributed by atoms with Crippen LogP contribution in [0.25, 0.3) is 0 Å². The predicted molar refractivity (Wildman–Crippen MR) is 138 cm³/mol. The molecule has 5 atom stereocenters. The van der Waals surface area contributed by atoms with Crippen molar-refractivity contribution in [1.29, 1.82) is 0 Å². The van der Waals surface area contributed by atoms with Crippen LogP contribution >= 0.6 is 0 Å². The molecule has 0 amide bonds. The van der Waals surface area contributed by atoms with E-state index in [9.17, 15) is 15.3 Å². The van der Waals surface area contributed by atoms with E-state index in [1.54, 1.807) is 0 Å². The monoisotopic (exact) mass is 470 g/mol. The zero-order chi connectivity index (χ0) is 24.9. The second-order valence-corrected chi connectivity index (χ2v) is 11.2. The van der Waals surface area contributed by atoms with Gasteiger partial charge < -0.3 is 20.1 Å². The molecule has 0 spiro atoms. The summed E-state index contributed by atoms with van der Waals surface area (Å²) in [5.41, 5.74) is 2.42. The summed E-state index contributed by atoms with van der Waals surface area (Å²) in [4.78, 5) is 0. The Morgan fingerprint density at radius 1 is 1.21 bits per heavy atom. The Morgan fingerprint density at radius 3 is 2.62 bits per heavy atom. The first-order valence-corrected chi connectivity index (χ1v) is 13.4. The minimum absolute atomic E-state index is 0.132. The maximum atomic E-state index is 10.4. The summed E-state index contributed by atoms with van der Waals surface area (Å²) < 4.78 is 6.22. The van der Waals surface area contributed by atoms with Crippen LogP contribution in [0.2, 0.25) is 0 Å². The third kappa shape index (κ3) is 5.88. The van der Waals surface area contributed by atoms with Crippen molar-refractivity contribution < 1.29 is 20.1 Å². The van der Waals surface area contributed by atoms with Crippen LogP contribution in [-0.2, 0) is 4.74 Å². The van der Waals surface area contributed by atoms with E-state index in [1.165, 1.54) is 24.8 Å². The third-order valence-electron chi connectivity index (χ3n) is 8.86. The van der Waals surface area contributed by atoms with Gasteiger partial charge in [0.05, 0.1) is 18.8 Å². The molecule has 0 unspecified atom stereocenters. The lowest BCUT2D eigenvalue weighted by Crippen LogP contribution is -2.42. The van der Waals surface area contributed by atoms with Gasteiger partial charge in [-0.05, 0) is 80.3 Å². The first-order valence-electron chi connectivity index (χ1n) is 13.4. The number of hydrogen-bond donors (Lipinski definition) is 3. The fourth-order valence-electron chi connectivity index (χ4n) is 6.75. The van der Waals surface area contributed by atoms with Crippen LogP contribution < -0.4 is 0 Å². The summed E-state index contributed by atoms with van der Waals surface area (Å²) in [5, 5.41) is 30.7. The number of ether oxygens (including phenoxy) is 1. The highest BCUT2D eigenvalue weighted by atomic mass is 16.5. The van der Waals surface area contributed by atoms with Crippen molar-refractivity contribution in [2.75, 3.05) is 13.2 Å². The lowest BCUT2D eigenvalue weighted by atomic mass is 9.60. The van der Waals surface area contributed by atoms with Crippen LogP contribution in [0.3, 0.4) is 0 Å². The van der Waals surface area contributed by atoms with E-state index in [0.29, 0.717) is 56.7 Å². The summed E-state index contributed by atoms with van der Waals surface area (Å²) in [6.45, 7) is 13.7. The molecule has 0 aromatic rings. The molecule has 0 aliphatic heterocycles. The Bertz CT molecular complexity index is 838. The molecule has 0 aromatic heterocycles. The quantitative estimate of drug-likeness (QED) is 0.347. The van der Waals surface area contributed by atoms with Gasteiger partial charge in [-0.15, -0.1) is 0 Å². The van der Waals surface area contributed by atoms with E-state index < -0.39 is 17.8 Å². The van der Waals surface area contributed by atoms with Crippen molar-refractivity contribution in [1.82, 2.24) is 0 Å². The van der Waals surface area contributed by atoms with E-state index in [0.717, 1.165) is 24.0 Å². The molecule has 3 fully saturated rings. The maximum absolute atomic E-state index is 10.4. The Kier molecular flexibility index (Phi) is 9.26. The van der Waals surface area contributed by atoms with Gasteiger partial charge in [0.15, 0.2) is 0 Å². The number of rotatable bonds is 7. The molecule has 3 N–H and O–H groups in total. The van der Waals surface area contributed by atoms with Gasteiger partial charge in [-0.2, -0.15) is 0 Å². The molecule has 3 aliphatic rings. The van der Waals surface area contributed by atoms with Crippen LogP contribution in [0.4, 0.5) is 0 Å². The van der Waals surface area contributed by atoms with Crippen molar-refractivity contribution >= 4 is 0 Å². The van der Waals surface area contributed by atoms with Gasteiger partial charge in [-0.1, -0.05) is 63.8 Å². The molecule has 0 radical (unpaired) electrons. The molecule has 3 aliphatic carbocycles. The molecule has 0 heterocycles. The predicted octanol–water partition coefficient (Wildman–Crippen LogP) is 5.33. The Hall–Kier alpha value is -1.38. The molecular formula is C30H46O4. The SMILES string of the molecule is C=C1/C(=C\C=C2/CCC[C@]3(COCC#CC(O)(CC)CC)[C@@H](C(C)C)CC[C@@H]23)C[C@@H](O)C[C@@H]1O. The van der Waals surface area contributed by atoms with Gasteiger partial charge in [0.2, 0.25) is 0 Å². The normalized spacial score (nSPS) is 34.4. The van der Waals surface area contributed by atoms with Crippen LogP contribution in [-0.4, -0.2) is 46.3 Å². The van der Waals surface area contributed by atoms with Gasteiger partial charge in [0, 0.05) is 11.8 Å². The molecule has 4 heteroatoms. The summed E-state index contributed by atoms with van der Waals surface area (Å²) in [7, 11) is 0. The standard InChI is InChI=1S/C30H46O4/c1-6-29(33,7-2)15-9-17-34-20-30-16-8-10-23(27(30)14-13-26(30)21(3)4)11-12-24-18-25(31)19-28(32)22(24)5/h11-12,21,25-28,31-33H,5-8,10,13-14,16-20H2,1-4H3/b23-11+,24-12-/t25-,26-,27+,28+,30+/m1/s1. The van der Waals surface area contributed by atoms with Crippen LogP contribution in [0, 0.1) is 35.0 Å². The van der Waals surface area contributed by atoms with E-state index in [2.05, 4.69) is 44.4 Å². The summed E-state index contributed by atoms with van der Waals surface area (Å²) in [5.74, 6) is 7.81. The average molecular weight is 471 g/mol. The maximum Gasteiger partial charge on any atom is 0.125 e. The van der Waals surface area contributed by atoms with E-state index in [1.807, 2.05) is 13.8 Å². The molecule has 34 heavy (non-hydrogen) atoms. The number of fused-ring (bicyclic) bond motifs is 1. The van der Waals surface area contributed by atoms with Crippen molar-refractivity contribution in [3.05, 3.63) is 35.5 Å². The largest absolute Gasteiger partial charge is 0.393 e. The zero-order valence-electron chi connectivity index (χ0n) is 21.8. The Morgan fingerprint density at radius 2 is 1.94 bits per heavy atom. The molecule has 190 valence electrons. The lowest BCUT2D eigenvalue weighted by molar-refractivity contribution is -0.0181. The molecule has 0 saturated heterocycles. The molecule has 4 nitrogen and oxygen atoms in total. The second-order valence-electron chi connectivity index (χ2n) is 11.2. The molecular weight excluding hydrogens is 424 g/mol. The Balaban J connectivity index is 1.78. The highest BCUT2D eigenvalue weighted by molar-refractivity contribution is 5.38. The Labute approximate surface area is 207 Å². The summed E-state index contributed by atoms with van der Waals surface area (Å²) in [6.07, 6.45) is 11.2. The molecule has 3 rings (SSSR count). The summed E-state index contributed by atoms with van der Waals surface area (Å²) >= 11 is 0. The van der Waals surface area contributed by atoms with Crippen molar-refractivity contribution in [2.24, 2.45) is 23.2 Å². The van der Waals surface area contributed by atoms with Crippen molar-refractivity contribution in [2.45, 2.75) is 103 Å². The molecule has 0 aromatic carbocycles. The van der Waals surface area contributed by atoms with Crippen LogP contribution in [0.15, 0.2) is 35.5 Å². The topological polar surface area (TPSA) is 69.9 Å². The third-order valence-corrected chi connectivity index (χ3v) is 8.86. The fourth-order valence-corrected chi connectivity index (χ4v) is 6.75. The number of aliphatic hydroxyl groups is 3. The van der Waals surface area contributed by atoms with E-state index in [-0.39, 0.29) is 5.41 Å². The highest BCUT2D eigenvalue weighted by Crippen LogP contribution is 2.59. The van der Waals surface area contributed by atoms with E-state index >= 15 is 0 Å². The van der Waals surface area contributed by atoms with Gasteiger partial charge in [-0.3, -0.25) is 0 Å². The number of aliphatic hydroxyl groups excluding tert-OH is 2. The zero-order valence-corrected chi connectivity index (χ0v) is 21.8. The second kappa shape index (κ2) is 11.6. The van der Waals surface area contributed by atoms with Crippen LogP contribution in [0.1, 0.15) is 85.5 Å². The minimum Gasteiger partial charge on any atom is -0.393 e. The number of hydrogen-bond acceptors (Lipinski definition) is 4. The van der Waals surface area contributed by atoms with Crippen molar-refractivity contribution in [3.63, 3.8) is 0 Å². The van der Waals surface area contributed by atoms with Gasteiger partial charge in [0.1, 0.15) is 12.2 Å². The van der Waals surface area contributed by atoms with Gasteiger partial charge >= 0.3 is 0 Å². The molecule has 3 saturated carbocycles.